The third-order valence-corrected chi connectivity index (χ3v) is 1.68. The molecule has 0 saturated heterocycles. The summed E-state index contributed by atoms with van der Waals surface area (Å²) in [6.07, 6.45) is -4.03. The highest BCUT2D eigenvalue weighted by Gasteiger charge is 2.29. The molecule has 0 aliphatic heterocycles. The lowest BCUT2D eigenvalue weighted by molar-refractivity contribution is -0.128. The van der Waals surface area contributed by atoms with Crippen LogP contribution in [-0.2, 0) is 13.0 Å². The molecule has 0 unspecified atom stereocenters. The van der Waals surface area contributed by atoms with Gasteiger partial charge in [-0.05, 0) is 12.5 Å². The van der Waals surface area contributed by atoms with Gasteiger partial charge in [-0.15, -0.1) is 0 Å². The van der Waals surface area contributed by atoms with Crippen molar-refractivity contribution in [2.24, 2.45) is 5.73 Å². The number of aromatic nitrogens is 2. The molecular formula is C8H10F3N3. The van der Waals surface area contributed by atoms with Crippen molar-refractivity contribution in [1.29, 1.82) is 0 Å². The lowest BCUT2D eigenvalue weighted by Gasteiger charge is -2.07. The van der Waals surface area contributed by atoms with E-state index in [4.69, 9.17) is 5.73 Å². The van der Waals surface area contributed by atoms with Gasteiger partial charge < -0.3 is 5.73 Å². The van der Waals surface area contributed by atoms with Crippen LogP contribution in [0.1, 0.15) is 17.1 Å². The predicted octanol–water partition coefficient (Wildman–Crippen LogP) is 1.35. The first-order chi connectivity index (χ1) is 6.42. The minimum absolute atomic E-state index is 0.124. The highest BCUT2D eigenvalue weighted by molar-refractivity contribution is 5.15. The average Bonchev–Trinajstić information content (AvgIpc) is 2.06. The Balaban J connectivity index is 2.90. The number of nitrogens with two attached hydrogens (primary N) is 1. The predicted molar refractivity (Wildman–Crippen MR) is 44.4 cm³/mol. The molecule has 1 rings (SSSR count). The van der Waals surface area contributed by atoms with Crippen LogP contribution in [0.15, 0.2) is 6.20 Å². The second kappa shape index (κ2) is 3.91. The first-order valence-corrected chi connectivity index (χ1v) is 4.00. The number of rotatable bonds is 2. The van der Waals surface area contributed by atoms with E-state index in [1.54, 1.807) is 6.92 Å². The zero-order chi connectivity index (χ0) is 10.8. The van der Waals surface area contributed by atoms with Crippen molar-refractivity contribution in [2.75, 3.05) is 0 Å². The van der Waals surface area contributed by atoms with Gasteiger partial charge in [0.1, 0.15) is 12.2 Å². The van der Waals surface area contributed by atoms with Crippen molar-refractivity contribution in [3.05, 3.63) is 23.3 Å². The average molecular weight is 205 g/mol. The molecule has 3 nitrogen and oxygen atoms in total. The number of aryl methyl sites for hydroxylation is 1. The fourth-order valence-electron chi connectivity index (χ4n) is 0.990. The van der Waals surface area contributed by atoms with Crippen molar-refractivity contribution in [3.8, 4) is 0 Å². The van der Waals surface area contributed by atoms with Crippen LogP contribution in [0.4, 0.5) is 13.2 Å². The second-order valence-corrected chi connectivity index (χ2v) is 2.91. The minimum Gasteiger partial charge on any atom is -0.325 e. The molecule has 1 heterocycles. The molecule has 0 aliphatic rings. The van der Waals surface area contributed by atoms with Gasteiger partial charge in [-0.2, -0.15) is 13.2 Å². The van der Waals surface area contributed by atoms with Gasteiger partial charge in [-0.1, -0.05) is 0 Å². The highest BCUT2D eigenvalue weighted by Crippen LogP contribution is 2.19. The van der Waals surface area contributed by atoms with E-state index < -0.39 is 12.6 Å². The quantitative estimate of drug-likeness (QED) is 0.792. The normalized spacial score (nSPS) is 11.8. The van der Waals surface area contributed by atoms with Crippen molar-refractivity contribution >= 4 is 0 Å². The fourth-order valence-corrected chi connectivity index (χ4v) is 0.990. The Morgan fingerprint density at radius 2 is 2.07 bits per heavy atom. The minimum atomic E-state index is -4.28. The Bertz CT molecular complexity index is 322. The van der Waals surface area contributed by atoms with E-state index in [0.29, 0.717) is 11.3 Å². The van der Waals surface area contributed by atoms with E-state index in [0.717, 1.165) is 0 Å². The molecule has 0 fully saturated rings. The van der Waals surface area contributed by atoms with E-state index in [9.17, 15) is 13.2 Å². The molecule has 6 heteroatoms. The molecule has 78 valence electrons. The summed E-state index contributed by atoms with van der Waals surface area (Å²) in [5.41, 5.74) is 6.48. The molecule has 0 radical (unpaired) electrons. The fraction of sp³-hybridized carbons (Fsp3) is 0.500. The van der Waals surface area contributed by atoms with E-state index in [-0.39, 0.29) is 12.4 Å². The Labute approximate surface area is 79.2 Å². The van der Waals surface area contributed by atoms with Crippen LogP contribution < -0.4 is 5.73 Å². The topological polar surface area (TPSA) is 51.8 Å². The lowest BCUT2D eigenvalue weighted by Crippen LogP contribution is -2.16. The Morgan fingerprint density at radius 1 is 1.43 bits per heavy atom. The van der Waals surface area contributed by atoms with Crippen molar-refractivity contribution in [2.45, 2.75) is 26.1 Å². The molecule has 0 bridgehead atoms. The number of alkyl halides is 3. The number of hydrogen-bond donors (Lipinski definition) is 1. The third kappa shape index (κ3) is 2.95. The van der Waals surface area contributed by atoms with Crippen LogP contribution >= 0.6 is 0 Å². The Kier molecular flexibility index (Phi) is 3.05. The molecule has 14 heavy (non-hydrogen) atoms. The van der Waals surface area contributed by atoms with Crippen LogP contribution in [0.2, 0.25) is 0 Å². The van der Waals surface area contributed by atoms with Gasteiger partial charge in [0, 0.05) is 12.7 Å². The molecule has 1 aromatic rings. The lowest BCUT2D eigenvalue weighted by atomic mass is 10.2. The summed E-state index contributed by atoms with van der Waals surface area (Å²) < 4.78 is 35.9. The summed E-state index contributed by atoms with van der Waals surface area (Å²) >= 11 is 0. The maximum atomic E-state index is 12.0. The van der Waals surface area contributed by atoms with Crippen LogP contribution in [-0.4, -0.2) is 16.1 Å². The number of halogens is 3. The summed E-state index contributed by atoms with van der Waals surface area (Å²) in [6.45, 7) is 1.83. The van der Waals surface area contributed by atoms with Crippen molar-refractivity contribution in [3.63, 3.8) is 0 Å². The molecule has 0 aromatic carbocycles. The summed E-state index contributed by atoms with van der Waals surface area (Å²) in [4.78, 5) is 7.31. The SMILES string of the molecule is Cc1cnc(CC(F)(F)F)nc1CN. The zero-order valence-corrected chi connectivity index (χ0v) is 7.60. The van der Waals surface area contributed by atoms with Crippen molar-refractivity contribution in [1.82, 2.24) is 9.97 Å². The molecule has 0 spiro atoms. The maximum absolute atomic E-state index is 12.0. The summed E-state index contributed by atoms with van der Waals surface area (Å²) in [6, 6.07) is 0. The Morgan fingerprint density at radius 3 is 2.57 bits per heavy atom. The van der Waals surface area contributed by atoms with E-state index >= 15 is 0 Å². The van der Waals surface area contributed by atoms with Gasteiger partial charge in [-0.25, -0.2) is 9.97 Å². The molecule has 0 atom stereocenters. The van der Waals surface area contributed by atoms with Gasteiger partial charge in [0.2, 0.25) is 0 Å². The van der Waals surface area contributed by atoms with Crippen LogP contribution in [0.5, 0.6) is 0 Å². The molecule has 0 amide bonds. The van der Waals surface area contributed by atoms with E-state index in [2.05, 4.69) is 9.97 Å². The molecule has 1 aromatic heterocycles. The zero-order valence-electron chi connectivity index (χ0n) is 7.60. The van der Waals surface area contributed by atoms with E-state index in [1.807, 2.05) is 0 Å². The first kappa shape index (κ1) is 10.9. The van der Waals surface area contributed by atoms with Crippen LogP contribution in [0.25, 0.3) is 0 Å². The standard InChI is InChI=1S/C8H10F3N3/c1-5-4-13-7(2-8(9,10)11)14-6(5)3-12/h4H,2-3,12H2,1H3. The largest absolute Gasteiger partial charge is 0.396 e. The van der Waals surface area contributed by atoms with Crippen LogP contribution in [0, 0.1) is 6.92 Å². The maximum Gasteiger partial charge on any atom is 0.396 e. The first-order valence-electron chi connectivity index (χ1n) is 4.00. The second-order valence-electron chi connectivity index (χ2n) is 2.91. The monoisotopic (exact) mass is 205 g/mol. The molecule has 2 N–H and O–H groups in total. The van der Waals surface area contributed by atoms with Gasteiger partial charge in [0.15, 0.2) is 0 Å². The molecule has 0 saturated carbocycles. The summed E-state index contributed by atoms with van der Waals surface area (Å²) in [5.74, 6) is -0.233. The van der Waals surface area contributed by atoms with Gasteiger partial charge in [0.05, 0.1) is 5.69 Å². The van der Waals surface area contributed by atoms with Gasteiger partial charge >= 0.3 is 6.18 Å². The van der Waals surface area contributed by atoms with Gasteiger partial charge in [-0.3, -0.25) is 0 Å². The third-order valence-electron chi connectivity index (χ3n) is 1.68. The smallest absolute Gasteiger partial charge is 0.325 e. The number of hydrogen-bond acceptors (Lipinski definition) is 3. The highest BCUT2D eigenvalue weighted by atomic mass is 19.4. The summed E-state index contributed by atoms with van der Waals surface area (Å²) in [5, 5.41) is 0. The molecular weight excluding hydrogens is 195 g/mol. The van der Waals surface area contributed by atoms with Crippen molar-refractivity contribution < 1.29 is 13.2 Å². The number of nitrogens with zero attached hydrogens (tertiary/aromatic N) is 2. The van der Waals surface area contributed by atoms with E-state index in [1.165, 1.54) is 6.20 Å². The summed E-state index contributed by atoms with van der Waals surface area (Å²) in [7, 11) is 0. The molecule has 0 aliphatic carbocycles. The van der Waals surface area contributed by atoms with Gasteiger partial charge in [0.25, 0.3) is 0 Å². The van der Waals surface area contributed by atoms with Crippen LogP contribution in [0.3, 0.4) is 0 Å². The Hall–Kier alpha value is -1.17.